The fraction of sp³-hybridized carbons (Fsp3) is 0.429. The van der Waals surface area contributed by atoms with Crippen molar-refractivity contribution < 1.29 is 9.53 Å². The van der Waals surface area contributed by atoms with Crippen molar-refractivity contribution in [2.75, 3.05) is 6.61 Å². The van der Waals surface area contributed by atoms with Gasteiger partial charge >= 0.3 is 0 Å². The van der Waals surface area contributed by atoms with Gasteiger partial charge in [-0.1, -0.05) is 0 Å². The molecule has 0 saturated heterocycles. The Morgan fingerprint density at radius 3 is 3.14 bits per heavy atom. The van der Waals surface area contributed by atoms with Crippen molar-refractivity contribution in [3.05, 3.63) is 17.8 Å². The average Bonchev–Trinajstić information content (AvgIpc) is 3.23. The van der Waals surface area contributed by atoms with E-state index in [9.17, 15) is 10.1 Å². The zero-order valence-electron chi connectivity index (χ0n) is 11.5. The lowest BCUT2D eigenvalue weighted by Crippen LogP contribution is -2.48. The lowest BCUT2D eigenvalue weighted by atomic mass is 9.98. The number of nitriles is 1. The van der Waals surface area contributed by atoms with Gasteiger partial charge in [-0.3, -0.25) is 4.79 Å². The summed E-state index contributed by atoms with van der Waals surface area (Å²) in [6.07, 6.45) is 3.37. The van der Waals surface area contributed by atoms with Crippen LogP contribution in [0.4, 0.5) is 0 Å². The summed E-state index contributed by atoms with van der Waals surface area (Å²) >= 11 is 1.49. The molecule has 1 amide bonds. The van der Waals surface area contributed by atoms with Gasteiger partial charge in [-0.15, -0.1) is 11.3 Å². The number of carbonyl (C=O) groups excluding carboxylic acids is 1. The highest BCUT2D eigenvalue weighted by Gasteiger charge is 2.43. The second-order valence-electron chi connectivity index (χ2n) is 5.24. The second kappa shape index (κ2) is 5.30. The molecular formula is C14H14N4O2S. The van der Waals surface area contributed by atoms with Crippen molar-refractivity contribution in [2.45, 2.75) is 25.3 Å². The fourth-order valence-corrected chi connectivity index (χ4v) is 2.95. The minimum absolute atomic E-state index is 0.161. The van der Waals surface area contributed by atoms with Gasteiger partial charge in [-0.05, 0) is 37.1 Å². The monoisotopic (exact) mass is 302 g/mol. The van der Waals surface area contributed by atoms with Gasteiger partial charge in [0, 0.05) is 0 Å². The van der Waals surface area contributed by atoms with Crippen LogP contribution >= 0.6 is 11.3 Å². The van der Waals surface area contributed by atoms with Gasteiger partial charge in [0.2, 0.25) is 5.88 Å². The number of rotatable bonds is 5. The molecule has 2 aromatic heterocycles. The minimum Gasteiger partial charge on any atom is -0.467 e. The Bertz CT molecular complexity index is 719. The molecule has 21 heavy (non-hydrogen) atoms. The van der Waals surface area contributed by atoms with E-state index in [-0.39, 0.29) is 18.4 Å². The van der Waals surface area contributed by atoms with Gasteiger partial charge in [0.05, 0.1) is 11.5 Å². The molecule has 3 rings (SSSR count). The van der Waals surface area contributed by atoms with Crippen LogP contribution in [0, 0.1) is 17.2 Å². The summed E-state index contributed by atoms with van der Waals surface area (Å²) in [6, 6.07) is 4.04. The smallest absolute Gasteiger partial charge is 0.259 e. The number of nitrogens with zero attached hydrogens (tertiary/aromatic N) is 3. The Morgan fingerprint density at radius 2 is 2.43 bits per heavy atom. The molecule has 7 heteroatoms. The number of thiophene rings is 1. The van der Waals surface area contributed by atoms with Crippen LogP contribution in [-0.2, 0) is 4.79 Å². The third-order valence-corrected chi connectivity index (χ3v) is 4.41. The predicted octanol–water partition coefficient (Wildman–Crippen LogP) is 1.88. The van der Waals surface area contributed by atoms with E-state index in [4.69, 9.17) is 4.74 Å². The number of hydrogen-bond donors (Lipinski definition) is 1. The number of ether oxygens (including phenoxy) is 1. The molecule has 108 valence electrons. The summed E-state index contributed by atoms with van der Waals surface area (Å²) in [4.78, 5) is 20.9. The zero-order valence-corrected chi connectivity index (χ0v) is 12.3. The van der Waals surface area contributed by atoms with Gasteiger partial charge < -0.3 is 10.1 Å². The third kappa shape index (κ3) is 2.81. The Hall–Kier alpha value is -2.20. The highest BCUT2D eigenvalue weighted by molar-refractivity contribution is 7.16. The first kappa shape index (κ1) is 13.8. The van der Waals surface area contributed by atoms with Gasteiger partial charge in [0.1, 0.15) is 16.7 Å². The zero-order chi connectivity index (χ0) is 14.9. The maximum absolute atomic E-state index is 12.0. The van der Waals surface area contributed by atoms with Crippen LogP contribution in [0.2, 0.25) is 0 Å². The summed E-state index contributed by atoms with van der Waals surface area (Å²) < 4.78 is 5.46. The largest absolute Gasteiger partial charge is 0.467 e. The maximum atomic E-state index is 12.0. The molecule has 0 bridgehead atoms. The first-order valence-electron chi connectivity index (χ1n) is 6.65. The van der Waals surface area contributed by atoms with Crippen molar-refractivity contribution in [1.82, 2.24) is 15.3 Å². The van der Waals surface area contributed by atoms with Crippen LogP contribution in [0.1, 0.15) is 19.8 Å². The maximum Gasteiger partial charge on any atom is 0.259 e. The first-order valence-corrected chi connectivity index (χ1v) is 7.53. The molecule has 1 fully saturated rings. The molecule has 0 aliphatic heterocycles. The fourth-order valence-electron chi connectivity index (χ4n) is 2.22. The van der Waals surface area contributed by atoms with E-state index in [1.807, 2.05) is 11.4 Å². The van der Waals surface area contributed by atoms with Crippen LogP contribution in [0.25, 0.3) is 10.2 Å². The molecule has 1 N–H and O–H groups in total. The van der Waals surface area contributed by atoms with Crippen molar-refractivity contribution in [3.63, 3.8) is 0 Å². The van der Waals surface area contributed by atoms with Crippen LogP contribution in [0.5, 0.6) is 5.88 Å². The van der Waals surface area contributed by atoms with Crippen molar-refractivity contribution in [2.24, 2.45) is 5.92 Å². The number of amides is 1. The van der Waals surface area contributed by atoms with Crippen molar-refractivity contribution >= 4 is 27.5 Å². The minimum atomic E-state index is -0.802. The molecule has 0 radical (unpaired) electrons. The van der Waals surface area contributed by atoms with Crippen LogP contribution in [-0.4, -0.2) is 28.0 Å². The highest BCUT2D eigenvalue weighted by Crippen LogP contribution is 2.39. The van der Waals surface area contributed by atoms with Gasteiger partial charge in [-0.2, -0.15) is 5.26 Å². The highest BCUT2D eigenvalue weighted by atomic mass is 32.1. The summed E-state index contributed by atoms with van der Waals surface area (Å²) in [6.45, 7) is 1.59. The van der Waals surface area contributed by atoms with E-state index in [0.29, 0.717) is 5.88 Å². The average molecular weight is 302 g/mol. The predicted molar refractivity (Wildman–Crippen MR) is 77.8 cm³/mol. The molecule has 1 aliphatic carbocycles. The van der Waals surface area contributed by atoms with Crippen LogP contribution < -0.4 is 10.1 Å². The molecule has 0 spiro atoms. The third-order valence-electron chi connectivity index (χ3n) is 3.59. The Labute approximate surface area is 125 Å². The molecule has 2 aromatic rings. The number of aromatic nitrogens is 2. The standard InChI is InChI=1S/C14H14N4O2S/c1-14(7-15,9-2-3-9)18-11(19)6-20-12-10-4-5-21-13(10)17-8-16-12/h4-5,8-9H,2-3,6H2,1H3,(H,18,19). The number of nitrogens with one attached hydrogen (secondary N) is 1. The summed E-state index contributed by atoms with van der Waals surface area (Å²) in [7, 11) is 0. The summed E-state index contributed by atoms with van der Waals surface area (Å²) in [5.74, 6) is 0.323. The topological polar surface area (TPSA) is 87.9 Å². The molecule has 1 aliphatic rings. The molecule has 6 nitrogen and oxygen atoms in total. The van der Waals surface area contributed by atoms with E-state index in [2.05, 4.69) is 21.4 Å². The molecule has 2 heterocycles. The van der Waals surface area contributed by atoms with E-state index < -0.39 is 5.54 Å². The SMILES string of the molecule is CC(C#N)(NC(=O)COc1ncnc2sccc12)C1CC1. The van der Waals surface area contributed by atoms with Gasteiger partial charge in [0.25, 0.3) is 5.91 Å². The van der Waals surface area contributed by atoms with Crippen molar-refractivity contribution in [1.29, 1.82) is 5.26 Å². The van der Waals surface area contributed by atoms with Crippen LogP contribution in [0.15, 0.2) is 17.8 Å². The van der Waals surface area contributed by atoms with Gasteiger partial charge in [-0.25, -0.2) is 9.97 Å². The lowest BCUT2D eigenvalue weighted by Gasteiger charge is -2.22. The number of hydrogen-bond acceptors (Lipinski definition) is 6. The number of carbonyl (C=O) groups is 1. The Kier molecular flexibility index (Phi) is 3.47. The van der Waals surface area contributed by atoms with Crippen LogP contribution in [0.3, 0.4) is 0 Å². The molecule has 0 aromatic carbocycles. The molecule has 1 atom stereocenters. The summed E-state index contributed by atoms with van der Waals surface area (Å²) in [5, 5.41) is 14.7. The van der Waals surface area contributed by atoms with Crippen molar-refractivity contribution in [3.8, 4) is 11.9 Å². The Morgan fingerprint density at radius 1 is 1.62 bits per heavy atom. The molecule has 1 saturated carbocycles. The van der Waals surface area contributed by atoms with E-state index in [1.54, 1.807) is 6.92 Å². The van der Waals surface area contributed by atoms with E-state index >= 15 is 0 Å². The first-order chi connectivity index (χ1) is 10.1. The lowest BCUT2D eigenvalue weighted by molar-refractivity contribution is -0.124. The van der Waals surface area contributed by atoms with E-state index in [0.717, 1.165) is 23.1 Å². The second-order valence-corrected chi connectivity index (χ2v) is 6.14. The molecule has 1 unspecified atom stereocenters. The Balaban J connectivity index is 1.64. The number of fused-ring (bicyclic) bond motifs is 1. The normalized spacial score (nSPS) is 17.0. The quantitative estimate of drug-likeness (QED) is 0.911. The van der Waals surface area contributed by atoms with Gasteiger partial charge in [0.15, 0.2) is 6.61 Å². The van der Waals surface area contributed by atoms with E-state index in [1.165, 1.54) is 17.7 Å². The molecular weight excluding hydrogens is 288 g/mol. The summed E-state index contributed by atoms with van der Waals surface area (Å²) in [5.41, 5.74) is -0.802.